The summed E-state index contributed by atoms with van der Waals surface area (Å²) in [4.78, 5) is 2.89. The summed E-state index contributed by atoms with van der Waals surface area (Å²) in [5.74, 6) is -0.315. The lowest BCUT2D eigenvalue weighted by atomic mass is 10.3. The first kappa shape index (κ1) is 12.8. The molecule has 0 amide bonds. The first-order chi connectivity index (χ1) is 6.73. The summed E-state index contributed by atoms with van der Waals surface area (Å²) in [5.41, 5.74) is 4.51. The highest BCUT2D eigenvalue weighted by Crippen LogP contribution is 2.30. The number of nitrogen functional groups attached to an aromatic ring is 1. The highest BCUT2D eigenvalue weighted by molar-refractivity contribution is 14.1. The van der Waals surface area contributed by atoms with Crippen molar-refractivity contribution in [2.24, 2.45) is 0 Å². The average molecular weight is 369 g/mol. The number of pyridine rings is 1. The van der Waals surface area contributed by atoms with Gasteiger partial charge in [-0.25, -0.2) is 22.2 Å². The Balaban J connectivity index is 3.56. The average Bonchev–Trinajstić information content (AvgIpc) is 2.06. The fraction of sp³-hybridized carbons (Fsp3) is 0.167. The molecule has 0 atom stereocenters. The van der Waals surface area contributed by atoms with Crippen LogP contribution in [-0.4, -0.2) is 13.4 Å². The van der Waals surface area contributed by atoms with E-state index in [-0.39, 0.29) is 9.39 Å². The Kier molecular flexibility index (Phi) is 3.71. The molecular weight excluding hydrogens is 364 g/mol. The Morgan fingerprint density at radius 2 is 2.07 bits per heavy atom. The number of halogens is 4. The Bertz CT molecular complexity index is 494. The van der Waals surface area contributed by atoms with E-state index in [0.29, 0.717) is 0 Å². The van der Waals surface area contributed by atoms with E-state index in [0.717, 1.165) is 6.07 Å². The SMILES string of the molecule is Nc1cc(S(=O)(=O)Cl)c(I)c(C(F)F)n1. The minimum absolute atomic E-state index is 0.216. The van der Waals surface area contributed by atoms with Crippen LogP contribution >= 0.6 is 33.3 Å². The maximum Gasteiger partial charge on any atom is 0.281 e. The third-order valence-electron chi connectivity index (χ3n) is 1.44. The summed E-state index contributed by atoms with van der Waals surface area (Å²) in [6.45, 7) is 0. The zero-order chi connectivity index (χ0) is 11.8. The highest BCUT2D eigenvalue weighted by Gasteiger charge is 2.23. The molecule has 0 saturated carbocycles. The van der Waals surface area contributed by atoms with E-state index in [9.17, 15) is 17.2 Å². The summed E-state index contributed by atoms with van der Waals surface area (Å²) >= 11 is 1.44. The number of hydrogen-bond donors (Lipinski definition) is 1. The van der Waals surface area contributed by atoms with E-state index in [1.165, 1.54) is 22.6 Å². The van der Waals surface area contributed by atoms with Crippen LogP contribution in [0.25, 0.3) is 0 Å². The second-order valence-corrected chi connectivity index (χ2v) is 6.10. The van der Waals surface area contributed by atoms with E-state index in [4.69, 9.17) is 16.4 Å². The molecule has 1 heterocycles. The molecule has 0 radical (unpaired) electrons. The van der Waals surface area contributed by atoms with Crippen molar-refractivity contribution in [3.8, 4) is 0 Å². The summed E-state index contributed by atoms with van der Waals surface area (Å²) in [6.07, 6.45) is -2.91. The number of anilines is 1. The highest BCUT2D eigenvalue weighted by atomic mass is 127. The van der Waals surface area contributed by atoms with Gasteiger partial charge in [-0.3, -0.25) is 0 Å². The lowest BCUT2D eigenvalue weighted by Crippen LogP contribution is -2.05. The van der Waals surface area contributed by atoms with Crippen LogP contribution in [0.5, 0.6) is 0 Å². The van der Waals surface area contributed by atoms with Crippen LogP contribution in [0.1, 0.15) is 12.1 Å². The molecule has 0 unspecified atom stereocenters. The topological polar surface area (TPSA) is 73.1 Å². The van der Waals surface area contributed by atoms with Crippen molar-refractivity contribution in [2.75, 3.05) is 5.73 Å². The molecule has 0 spiro atoms. The van der Waals surface area contributed by atoms with Gasteiger partial charge in [-0.2, -0.15) is 0 Å². The third-order valence-corrected chi connectivity index (χ3v) is 4.28. The molecule has 4 nitrogen and oxygen atoms in total. The van der Waals surface area contributed by atoms with E-state index < -0.39 is 26.1 Å². The van der Waals surface area contributed by atoms with Gasteiger partial charge in [0, 0.05) is 16.7 Å². The molecule has 1 rings (SSSR count). The van der Waals surface area contributed by atoms with Crippen LogP contribution in [-0.2, 0) is 9.05 Å². The van der Waals surface area contributed by atoms with Crippen LogP contribution in [0.15, 0.2) is 11.0 Å². The largest absolute Gasteiger partial charge is 0.384 e. The van der Waals surface area contributed by atoms with Crippen LogP contribution in [0, 0.1) is 3.57 Å². The van der Waals surface area contributed by atoms with Gasteiger partial charge >= 0.3 is 0 Å². The molecular formula is C6H4ClF2IN2O2S. The summed E-state index contributed by atoms with van der Waals surface area (Å²) in [7, 11) is 0.951. The van der Waals surface area contributed by atoms with Gasteiger partial charge < -0.3 is 5.73 Å². The molecule has 2 N–H and O–H groups in total. The molecule has 15 heavy (non-hydrogen) atoms. The number of nitrogens with two attached hydrogens (primary N) is 1. The van der Waals surface area contributed by atoms with Crippen molar-refractivity contribution in [1.82, 2.24) is 4.98 Å². The van der Waals surface area contributed by atoms with E-state index in [1.807, 2.05) is 0 Å². The minimum atomic E-state index is -4.10. The molecule has 1 aromatic heterocycles. The molecule has 0 fully saturated rings. The first-order valence-corrected chi connectivity index (χ1v) is 6.81. The van der Waals surface area contributed by atoms with Gasteiger partial charge in [0.2, 0.25) is 0 Å². The molecule has 0 aliphatic carbocycles. The number of aromatic nitrogens is 1. The predicted molar refractivity (Wildman–Crippen MR) is 59.4 cm³/mol. The fourth-order valence-corrected chi connectivity index (χ4v) is 3.58. The molecule has 0 aromatic carbocycles. The molecule has 9 heteroatoms. The van der Waals surface area contributed by atoms with Crippen molar-refractivity contribution in [3.63, 3.8) is 0 Å². The first-order valence-electron chi connectivity index (χ1n) is 3.42. The lowest BCUT2D eigenvalue weighted by Gasteiger charge is -2.07. The van der Waals surface area contributed by atoms with Gasteiger partial charge in [0.1, 0.15) is 16.4 Å². The quantitative estimate of drug-likeness (QED) is 0.641. The summed E-state index contributed by atoms with van der Waals surface area (Å²) in [5, 5.41) is 0. The monoisotopic (exact) mass is 368 g/mol. The normalized spacial score (nSPS) is 12.1. The van der Waals surface area contributed by atoms with Gasteiger partial charge in [0.15, 0.2) is 0 Å². The van der Waals surface area contributed by atoms with E-state index in [1.54, 1.807) is 0 Å². The summed E-state index contributed by atoms with van der Waals surface area (Å²) in [6, 6.07) is 0.940. The number of nitrogens with zero attached hydrogens (tertiary/aromatic N) is 1. The van der Waals surface area contributed by atoms with Gasteiger partial charge in [0.05, 0.1) is 3.57 Å². The van der Waals surface area contributed by atoms with Gasteiger partial charge in [-0.05, 0) is 22.6 Å². The molecule has 0 bridgehead atoms. The Labute approximate surface area is 102 Å². The van der Waals surface area contributed by atoms with Crippen molar-refractivity contribution in [3.05, 3.63) is 15.3 Å². The number of alkyl halides is 2. The Hall–Kier alpha value is -0.220. The molecule has 0 aliphatic heterocycles. The van der Waals surface area contributed by atoms with Gasteiger partial charge in [0.25, 0.3) is 15.5 Å². The Morgan fingerprint density at radius 3 is 2.47 bits per heavy atom. The number of rotatable bonds is 2. The minimum Gasteiger partial charge on any atom is -0.384 e. The van der Waals surface area contributed by atoms with Crippen molar-refractivity contribution in [1.29, 1.82) is 0 Å². The smallest absolute Gasteiger partial charge is 0.281 e. The zero-order valence-electron chi connectivity index (χ0n) is 6.92. The van der Waals surface area contributed by atoms with Crippen LogP contribution < -0.4 is 5.73 Å². The maximum absolute atomic E-state index is 12.4. The van der Waals surface area contributed by atoms with Crippen LogP contribution in [0.4, 0.5) is 14.6 Å². The van der Waals surface area contributed by atoms with Crippen LogP contribution in [0.3, 0.4) is 0 Å². The molecule has 1 aromatic rings. The Morgan fingerprint density at radius 1 is 1.53 bits per heavy atom. The van der Waals surface area contributed by atoms with E-state index >= 15 is 0 Å². The molecule has 0 saturated heterocycles. The van der Waals surface area contributed by atoms with Gasteiger partial charge in [-0.1, -0.05) is 0 Å². The standard InChI is InChI=1S/C6H4ClF2IN2O2S/c7-15(13,14)2-1-3(11)12-5(4(2)10)6(8)9/h1,6H,(H2,11,12). The second-order valence-electron chi connectivity index (χ2n) is 2.48. The van der Waals surface area contributed by atoms with Crippen molar-refractivity contribution >= 4 is 48.1 Å². The van der Waals surface area contributed by atoms with E-state index in [2.05, 4.69) is 4.98 Å². The second kappa shape index (κ2) is 4.34. The maximum atomic E-state index is 12.4. The zero-order valence-corrected chi connectivity index (χ0v) is 10.6. The van der Waals surface area contributed by atoms with Crippen LogP contribution in [0.2, 0.25) is 0 Å². The van der Waals surface area contributed by atoms with Gasteiger partial charge in [-0.15, -0.1) is 0 Å². The molecule has 0 aliphatic rings. The molecule has 84 valence electrons. The fourth-order valence-electron chi connectivity index (χ4n) is 0.866. The van der Waals surface area contributed by atoms with Crippen molar-refractivity contribution in [2.45, 2.75) is 11.3 Å². The summed E-state index contributed by atoms with van der Waals surface area (Å²) < 4.78 is 46.6. The number of hydrogen-bond acceptors (Lipinski definition) is 4. The van der Waals surface area contributed by atoms with Crippen molar-refractivity contribution < 1.29 is 17.2 Å². The third kappa shape index (κ3) is 2.88. The lowest BCUT2D eigenvalue weighted by molar-refractivity contribution is 0.145. The predicted octanol–water partition coefficient (Wildman–Crippen LogP) is 2.13.